The second kappa shape index (κ2) is 8.46. The Morgan fingerprint density at radius 1 is 1.12 bits per heavy atom. The van der Waals surface area contributed by atoms with Gasteiger partial charge in [0.15, 0.2) is 0 Å². The van der Waals surface area contributed by atoms with E-state index in [1.54, 1.807) is 40.3 Å². The van der Waals surface area contributed by atoms with Crippen LogP contribution in [0.3, 0.4) is 0 Å². The Morgan fingerprint density at radius 2 is 1.81 bits per heavy atom. The highest BCUT2D eigenvalue weighted by Crippen LogP contribution is 2.41. The first kappa shape index (κ1) is 19.3. The molecule has 0 aliphatic carbocycles. The molecule has 3 rings (SSSR count). The van der Waals surface area contributed by atoms with E-state index in [1.165, 1.54) is 5.56 Å². The summed E-state index contributed by atoms with van der Waals surface area (Å²) in [4.78, 5) is 0.319. The van der Waals surface area contributed by atoms with Gasteiger partial charge in [0, 0.05) is 12.3 Å². The molecular formula is C20H25NO3S2. The summed E-state index contributed by atoms with van der Waals surface area (Å²) in [5.41, 5.74) is 2.20. The first-order chi connectivity index (χ1) is 12.5. The van der Waals surface area contributed by atoms with Crippen molar-refractivity contribution < 1.29 is 13.2 Å². The van der Waals surface area contributed by atoms with E-state index in [9.17, 15) is 8.42 Å². The molecule has 1 atom stereocenters. The van der Waals surface area contributed by atoms with Gasteiger partial charge in [-0.15, -0.1) is 11.8 Å². The average Bonchev–Trinajstić information content (AvgIpc) is 3.14. The van der Waals surface area contributed by atoms with Crippen LogP contribution in [0.15, 0.2) is 53.4 Å². The SMILES string of the molecule is CCCCOc1ccc(S(=O)(=O)N2CCSC2c2ccc(C)cc2)cc1. The molecule has 0 spiro atoms. The predicted octanol–water partition coefficient (Wildman–Crippen LogP) is 4.61. The summed E-state index contributed by atoms with van der Waals surface area (Å²) in [5, 5.41) is -0.166. The number of unbranched alkanes of at least 4 members (excludes halogenated alkanes) is 1. The number of benzene rings is 2. The zero-order valence-corrected chi connectivity index (χ0v) is 16.9. The molecule has 0 radical (unpaired) electrons. The Kier molecular flexibility index (Phi) is 6.27. The lowest BCUT2D eigenvalue weighted by Crippen LogP contribution is -2.30. The summed E-state index contributed by atoms with van der Waals surface area (Å²) >= 11 is 1.67. The summed E-state index contributed by atoms with van der Waals surface area (Å²) in [6.45, 7) is 5.32. The van der Waals surface area contributed by atoms with Gasteiger partial charge in [-0.05, 0) is 43.2 Å². The number of ether oxygens (including phenoxy) is 1. The van der Waals surface area contributed by atoms with Gasteiger partial charge in [0.05, 0.1) is 16.9 Å². The molecule has 140 valence electrons. The van der Waals surface area contributed by atoms with Crippen LogP contribution in [-0.4, -0.2) is 31.6 Å². The van der Waals surface area contributed by atoms with Gasteiger partial charge >= 0.3 is 0 Å². The molecular weight excluding hydrogens is 366 g/mol. The molecule has 0 saturated carbocycles. The van der Waals surface area contributed by atoms with Crippen LogP contribution in [-0.2, 0) is 10.0 Å². The molecule has 1 fully saturated rings. The normalized spacial score (nSPS) is 18.2. The van der Waals surface area contributed by atoms with Gasteiger partial charge in [0.2, 0.25) is 10.0 Å². The zero-order valence-electron chi connectivity index (χ0n) is 15.2. The van der Waals surface area contributed by atoms with E-state index < -0.39 is 10.0 Å². The summed E-state index contributed by atoms with van der Waals surface area (Å²) in [6.07, 6.45) is 2.06. The second-order valence-corrected chi connectivity index (χ2v) is 9.50. The van der Waals surface area contributed by atoms with E-state index in [4.69, 9.17) is 4.74 Å². The number of aryl methyl sites for hydroxylation is 1. The summed E-state index contributed by atoms with van der Waals surface area (Å²) in [5.74, 6) is 1.51. The van der Waals surface area contributed by atoms with Crippen LogP contribution in [0.25, 0.3) is 0 Å². The van der Waals surface area contributed by atoms with Crippen LogP contribution in [0.1, 0.15) is 36.3 Å². The van der Waals surface area contributed by atoms with Crippen molar-refractivity contribution in [3.63, 3.8) is 0 Å². The van der Waals surface area contributed by atoms with Crippen molar-refractivity contribution in [2.24, 2.45) is 0 Å². The molecule has 0 amide bonds. The van der Waals surface area contributed by atoms with E-state index in [2.05, 4.69) is 6.92 Å². The molecule has 1 saturated heterocycles. The minimum Gasteiger partial charge on any atom is -0.494 e. The van der Waals surface area contributed by atoms with Crippen molar-refractivity contribution in [1.82, 2.24) is 4.31 Å². The van der Waals surface area contributed by atoms with E-state index in [0.717, 1.165) is 24.2 Å². The van der Waals surface area contributed by atoms with Crippen LogP contribution in [0.2, 0.25) is 0 Å². The van der Waals surface area contributed by atoms with Crippen molar-refractivity contribution in [3.05, 3.63) is 59.7 Å². The molecule has 0 N–H and O–H groups in total. The molecule has 0 aromatic heterocycles. The number of rotatable bonds is 7. The molecule has 26 heavy (non-hydrogen) atoms. The molecule has 4 nitrogen and oxygen atoms in total. The molecule has 2 aromatic carbocycles. The number of sulfonamides is 1. The molecule has 2 aromatic rings. The van der Waals surface area contributed by atoms with Crippen LogP contribution in [0.4, 0.5) is 0 Å². The van der Waals surface area contributed by atoms with Crippen molar-refractivity contribution in [2.75, 3.05) is 18.9 Å². The fraction of sp³-hybridized carbons (Fsp3) is 0.400. The fourth-order valence-electron chi connectivity index (χ4n) is 2.87. The van der Waals surface area contributed by atoms with Crippen molar-refractivity contribution in [3.8, 4) is 5.75 Å². The summed E-state index contributed by atoms with van der Waals surface area (Å²) < 4.78 is 33.5. The largest absolute Gasteiger partial charge is 0.494 e. The van der Waals surface area contributed by atoms with Gasteiger partial charge in [-0.3, -0.25) is 0 Å². The third-order valence-electron chi connectivity index (χ3n) is 4.41. The van der Waals surface area contributed by atoms with Crippen molar-refractivity contribution >= 4 is 21.8 Å². The Balaban J connectivity index is 1.79. The lowest BCUT2D eigenvalue weighted by molar-refractivity contribution is 0.309. The second-order valence-electron chi connectivity index (χ2n) is 6.42. The van der Waals surface area contributed by atoms with Gasteiger partial charge in [0.1, 0.15) is 5.75 Å². The molecule has 1 aliphatic rings. The summed E-state index contributed by atoms with van der Waals surface area (Å²) in [6, 6.07) is 14.9. The highest BCUT2D eigenvalue weighted by molar-refractivity contribution is 8.01. The van der Waals surface area contributed by atoms with Gasteiger partial charge in [-0.1, -0.05) is 43.2 Å². The molecule has 1 aliphatic heterocycles. The number of hydrogen-bond acceptors (Lipinski definition) is 4. The number of thioether (sulfide) groups is 1. The van der Waals surface area contributed by atoms with Gasteiger partial charge < -0.3 is 4.74 Å². The first-order valence-corrected chi connectivity index (χ1v) is 11.4. The van der Waals surface area contributed by atoms with Crippen molar-refractivity contribution in [2.45, 2.75) is 37.0 Å². The number of hydrogen-bond donors (Lipinski definition) is 0. The highest BCUT2D eigenvalue weighted by atomic mass is 32.2. The Bertz CT molecular complexity index is 817. The predicted molar refractivity (Wildman–Crippen MR) is 107 cm³/mol. The van der Waals surface area contributed by atoms with E-state index in [1.807, 2.05) is 31.2 Å². The summed E-state index contributed by atoms with van der Waals surface area (Å²) in [7, 11) is -3.53. The molecule has 6 heteroatoms. The number of nitrogens with zero attached hydrogens (tertiary/aromatic N) is 1. The average molecular weight is 392 g/mol. The Labute approximate surface area is 160 Å². The first-order valence-electron chi connectivity index (χ1n) is 8.95. The maximum Gasteiger partial charge on any atom is 0.244 e. The standard InChI is InChI=1S/C20H25NO3S2/c1-3-4-14-24-18-9-11-19(12-10-18)26(22,23)21-13-15-25-20(21)17-7-5-16(2)6-8-17/h5-12,20H,3-4,13-15H2,1-2H3. The van der Waals surface area contributed by atoms with Crippen molar-refractivity contribution in [1.29, 1.82) is 0 Å². The lowest BCUT2D eigenvalue weighted by atomic mass is 10.1. The molecule has 1 heterocycles. The third-order valence-corrected chi connectivity index (χ3v) is 7.68. The minimum atomic E-state index is -3.53. The van der Waals surface area contributed by atoms with Gasteiger partial charge in [0.25, 0.3) is 0 Å². The van der Waals surface area contributed by atoms with Crippen LogP contribution >= 0.6 is 11.8 Å². The van der Waals surface area contributed by atoms with Gasteiger partial charge in [-0.2, -0.15) is 4.31 Å². The molecule has 1 unspecified atom stereocenters. The third kappa shape index (κ3) is 4.24. The fourth-order valence-corrected chi connectivity index (χ4v) is 6.11. The van der Waals surface area contributed by atoms with E-state index in [-0.39, 0.29) is 5.37 Å². The molecule has 0 bridgehead atoms. The highest BCUT2D eigenvalue weighted by Gasteiger charge is 2.36. The maximum absolute atomic E-state index is 13.1. The van der Waals surface area contributed by atoms with Crippen LogP contribution in [0, 0.1) is 6.92 Å². The smallest absolute Gasteiger partial charge is 0.244 e. The van der Waals surface area contributed by atoms with E-state index >= 15 is 0 Å². The Morgan fingerprint density at radius 3 is 2.46 bits per heavy atom. The monoisotopic (exact) mass is 391 g/mol. The van der Waals surface area contributed by atoms with Crippen LogP contribution < -0.4 is 4.74 Å². The van der Waals surface area contributed by atoms with Crippen LogP contribution in [0.5, 0.6) is 5.75 Å². The Hall–Kier alpha value is -1.50. The zero-order chi connectivity index (χ0) is 18.6. The lowest BCUT2D eigenvalue weighted by Gasteiger charge is -2.23. The quantitative estimate of drug-likeness (QED) is 0.647. The maximum atomic E-state index is 13.1. The minimum absolute atomic E-state index is 0.166. The topological polar surface area (TPSA) is 46.6 Å². The van der Waals surface area contributed by atoms with E-state index in [0.29, 0.717) is 23.8 Å². The van der Waals surface area contributed by atoms with Gasteiger partial charge in [-0.25, -0.2) is 8.42 Å².